The van der Waals surface area contributed by atoms with Crippen LogP contribution in [0.3, 0.4) is 0 Å². The minimum Gasteiger partial charge on any atom is -0.506 e. The highest BCUT2D eigenvalue weighted by Crippen LogP contribution is 2.55. The first-order valence-electron chi connectivity index (χ1n) is 11.8. The molecule has 3 N–H and O–H groups in total. The number of carbonyl (C=O) groups is 2. The second-order valence-corrected chi connectivity index (χ2v) is 10.3. The highest BCUT2D eigenvalue weighted by atomic mass is 16.3. The van der Waals surface area contributed by atoms with E-state index in [1.54, 1.807) is 6.07 Å². The molecule has 5 fully saturated rings. The molecule has 1 atom stereocenters. The maximum absolute atomic E-state index is 12.8. The number of para-hydroxylation sites is 2. The number of phenolic OH excluding ortho intramolecular Hbond substituents is 1. The zero-order valence-corrected chi connectivity index (χ0v) is 18.3. The minimum atomic E-state index is -0.367. The summed E-state index contributed by atoms with van der Waals surface area (Å²) in [5, 5.41) is 15.9. The third-order valence-electron chi connectivity index (χ3n) is 8.12. The molecule has 0 spiro atoms. The molecule has 7 nitrogen and oxygen atoms in total. The number of hydrogen-bond acceptors (Lipinski definition) is 5. The lowest BCUT2D eigenvalue weighted by molar-refractivity contribution is -0.125. The highest BCUT2D eigenvalue weighted by molar-refractivity contribution is 5.97. The molecule has 6 rings (SSSR count). The molecule has 31 heavy (non-hydrogen) atoms. The summed E-state index contributed by atoms with van der Waals surface area (Å²) in [4.78, 5) is 29.7. The van der Waals surface area contributed by atoms with E-state index in [1.807, 2.05) is 25.1 Å². The Kier molecular flexibility index (Phi) is 5.32. The van der Waals surface area contributed by atoms with Gasteiger partial charge in [-0.25, -0.2) is 4.79 Å². The van der Waals surface area contributed by atoms with E-state index in [0.29, 0.717) is 13.1 Å². The van der Waals surface area contributed by atoms with Crippen LogP contribution >= 0.6 is 0 Å². The molecule has 4 saturated carbocycles. The summed E-state index contributed by atoms with van der Waals surface area (Å²) in [6, 6.07) is 6.65. The van der Waals surface area contributed by atoms with Crippen LogP contribution in [0.1, 0.15) is 45.4 Å². The maximum Gasteiger partial charge on any atom is 0.321 e. The minimum absolute atomic E-state index is 0.0916. The van der Waals surface area contributed by atoms with Gasteiger partial charge in [-0.05, 0) is 75.3 Å². The van der Waals surface area contributed by atoms with Crippen molar-refractivity contribution in [2.45, 2.75) is 57.0 Å². The molecule has 3 amide bonds. The average Bonchev–Trinajstić information content (AvgIpc) is 2.72. The summed E-state index contributed by atoms with van der Waals surface area (Å²) in [7, 11) is 0. The van der Waals surface area contributed by atoms with E-state index in [0.717, 1.165) is 55.8 Å². The average molecular weight is 427 g/mol. The molecule has 0 unspecified atom stereocenters. The Morgan fingerprint density at radius 1 is 1.00 bits per heavy atom. The Morgan fingerprint density at radius 2 is 1.58 bits per heavy atom. The van der Waals surface area contributed by atoms with Gasteiger partial charge in [-0.1, -0.05) is 12.1 Å². The number of amides is 3. The zero-order valence-electron chi connectivity index (χ0n) is 18.3. The Bertz CT molecular complexity index is 814. The van der Waals surface area contributed by atoms with Crippen LogP contribution in [0.15, 0.2) is 24.3 Å². The van der Waals surface area contributed by atoms with Crippen LogP contribution in [0, 0.1) is 17.8 Å². The van der Waals surface area contributed by atoms with Crippen molar-refractivity contribution >= 4 is 17.6 Å². The van der Waals surface area contributed by atoms with Crippen molar-refractivity contribution in [3.63, 3.8) is 0 Å². The second kappa shape index (κ2) is 8.01. The number of urea groups is 1. The third kappa shape index (κ3) is 4.12. The summed E-state index contributed by atoms with van der Waals surface area (Å²) in [6.45, 7) is 4.74. The van der Waals surface area contributed by atoms with E-state index in [2.05, 4.69) is 20.4 Å². The molecule has 1 aromatic rings. The largest absolute Gasteiger partial charge is 0.506 e. The van der Waals surface area contributed by atoms with Gasteiger partial charge in [0, 0.05) is 31.7 Å². The molecule has 1 aromatic carbocycles. The molecule has 0 radical (unpaired) electrons. The summed E-state index contributed by atoms with van der Waals surface area (Å²) in [5.74, 6) is 2.30. The van der Waals surface area contributed by atoms with Gasteiger partial charge in [0.2, 0.25) is 5.91 Å². The molecule has 4 aliphatic carbocycles. The van der Waals surface area contributed by atoms with Crippen molar-refractivity contribution in [3.05, 3.63) is 24.3 Å². The molecular weight excluding hydrogens is 392 g/mol. The smallest absolute Gasteiger partial charge is 0.321 e. The van der Waals surface area contributed by atoms with Crippen molar-refractivity contribution in [1.29, 1.82) is 0 Å². The summed E-state index contributed by atoms with van der Waals surface area (Å²) in [6.07, 6.45) is 7.20. The van der Waals surface area contributed by atoms with Crippen molar-refractivity contribution in [2.24, 2.45) is 17.8 Å². The Balaban J connectivity index is 1.12. The van der Waals surface area contributed by atoms with Crippen LogP contribution in [0.4, 0.5) is 10.5 Å². The number of nitrogens with zero attached hydrogens (tertiary/aromatic N) is 2. The van der Waals surface area contributed by atoms with Crippen molar-refractivity contribution in [2.75, 3.05) is 31.1 Å². The molecule has 168 valence electrons. The van der Waals surface area contributed by atoms with Gasteiger partial charge in [-0.2, -0.15) is 0 Å². The quantitative estimate of drug-likeness (QED) is 0.689. The second-order valence-electron chi connectivity index (χ2n) is 10.3. The molecule has 5 aliphatic rings. The van der Waals surface area contributed by atoms with Gasteiger partial charge >= 0.3 is 6.03 Å². The first-order valence-corrected chi connectivity index (χ1v) is 11.8. The van der Waals surface area contributed by atoms with Gasteiger partial charge in [-0.15, -0.1) is 0 Å². The number of anilines is 1. The van der Waals surface area contributed by atoms with Gasteiger partial charge in [0.05, 0.1) is 11.7 Å². The number of nitrogens with one attached hydrogen (secondary N) is 2. The molecule has 1 saturated heterocycles. The van der Waals surface area contributed by atoms with Gasteiger partial charge in [-0.3, -0.25) is 15.0 Å². The number of phenols is 1. The van der Waals surface area contributed by atoms with E-state index in [9.17, 15) is 14.7 Å². The summed E-state index contributed by atoms with van der Waals surface area (Å²) < 4.78 is 0. The van der Waals surface area contributed by atoms with Crippen LogP contribution in [0.5, 0.6) is 5.75 Å². The molecular formula is C24H34N4O3. The van der Waals surface area contributed by atoms with Crippen LogP contribution in [-0.2, 0) is 4.79 Å². The predicted octanol–water partition coefficient (Wildman–Crippen LogP) is 2.70. The number of piperazine rings is 1. The maximum atomic E-state index is 12.8. The Hall–Kier alpha value is -2.28. The normalized spacial score (nSPS) is 33.2. The highest BCUT2D eigenvalue weighted by Gasteiger charge is 2.51. The van der Waals surface area contributed by atoms with Gasteiger partial charge in [0.15, 0.2) is 0 Å². The predicted molar refractivity (Wildman–Crippen MR) is 119 cm³/mol. The lowest BCUT2D eigenvalue weighted by atomic mass is 9.53. The molecule has 1 heterocycles. The van der Waals surface area contributed by atoms with E-state index < -0.39 is 0 Å². The number of rotatable bonds is 4. The van der Waals surface area contributed by atoms with Crippen LogP contribution in [-0.4, -0.2) is 59.7 Å². The van der Waals surface area contributed by atoms with Crippen LogP contribution in [0.2, 0.25) is 0 Å². The fraction of sp³-hybridized carbons (Fsp3) is 0.667. The third-order valence-corrected chi connectivity index (χ3v) is 8.12. The van der Waals surface area contributed by atoms with Crippen LogP contribution < -0.4 is 15.5 Å². The molecule has 7 heteroatoms. The number of hydrogen-bond donors (Lipinski definition) is 3. The van der Waals surface area contributed by atoms with Crippen molar-refractivity contribution < 1.29 is 14.7 Å². The molecule has 1 aliphatic heterocycles. The lowest BCUT2D eigenvalue weighted by Crippen LogP contribution is -2.63. The Labute approximate surface area is 184 Å². The number of benzene rings is 1. The van der Waals surface area contributed by atoms with Crippen LogP contribution in [0.25, 0.3) is 0 Å². The fourth-order valence-corrected chi connectivity index (χ4v) is 7.00. The van der Waals surface area contributed by atoms with E-state index in [-0.39, 0.29) is 29.3 Å². The zero-order chi connectivity index (χ0) is 21.6. The van der Waals surface area contributed by atoms with Crippen molar-refractivity contribution in [1.82, 2.24) is 15.5 Å². The van der Waals surface area contributed by atoms with Gasteiger partial charge < -0.3 is 15.3 Å². The summed E-state index contributed by atoms with van der Waals surface area (Å²) >= 11 is 0. The molecule has 0 aromatic heterocycles. The SMILES string of the molecule is C[C@H](C(=O)NC(=O)NC12CC3CC(CC(C3)C1)C2)N1CCN(c2ccccc2O)CC1. The van der Waals surface area contributed by atoms with E-state index in [1.165, 1.54) is 19.3 Å². The van der Waals surface area contributed by atoms with E-state index >= 15 is 0 Å². The number of carbonyl (C=O) groups excluding carboxylic acids is 2. The van der Waals surface area contributed by atoms with Gasteiger partial charge in [0.1, 0.15) is 5.75 Å². The van der Waals surface area contributed by atoms with Crippen molar-refractivity contribution in [3.8, 4) is 5.75 Å². The first kappa shape index (κ1) is 20.6. The number of aromatic hydroxyl groups is 1. The first-order chi connectivity index (χ1) is 14.9. The Morgan fingerprint density at radius 3 is 2.16 bits per heavy atom. The standard InChI is InChI=1S/C24H34N4O3/c1-16(27-6-8-28(9-7-27)20-4-2-3-5-21(20)29)22(30)25-23(31)26-24-13-17-10-18(14-24)12-19(11-17)15-24/h2-5,16-19,29H,6-15H2,1H3,(H2,25,26,30,31)/t16-,17?,18?,19?,24?/m1/s1. The topological polar surface area (TPSA) is 84.9 Å². The van der Waals surface area contributed by atoms with Gasteiger partial charge in [0.25, 0.3) is 0 Å². The summed E-state index contributed by atoms with van der Waals surface area (Å²) in [5.41, 5.74) is 0.736. The lowest BCUT2D eigenvalue weighted by Gasteiger charge is -2.56. The monoisotopic (exact) mass is 426 g/mol. The van der Waals surface area contributed by atoms with E-state index in [4.69, 9.17) is 0 Å². The number of imide groups is 1. The fourth-order valence-electron chi connectivity index (χ4n) is 7.00. The molecule has 4 bridgehead atoms.